The standard InChI is InChI=1S/C21H16BrCl2N5OS/c22-16-2-4-19(30-12-13-1-3-17(23)18(24)9-13)15(10-16)11-26-29-20(27-28-21(29)31)14-5-7-25-8-6-14/h1-10,26H,11-12H2,(H,28,31). The molecule has 0 fully saturated rings. The maximum atomic E-state index is 6.11. The highest BCUT2D eigenvalue weighted by molar-refractivity contribution is 9.10. The van der Waals surface area contributed by atoms with Crippen molar-refractivity contribution in [1.29, 1.82) is 0 Å². The summed E-state index contributed by atoms with van der Waals surface area (Å²) >= 11 is 21.0. The molecular formula is C21H16BrCl2N5OS. The zero-order valence-corrected chi connectivity index (χ0v) is 19.9. The summed E-state index contributed by atoms with van der Waals surface area (Å²) in [7, 11) is 0. The molecule has 4 aromatic rings. The number of hydrogen-bond acceptors (Lipinski definition) is 5. The monoisotopic (exact) mass is 535 g/mol. The van der Waals surface area contributed by atoms with Crippen LogP contribution < -0.4 is 10.2 Å². The van der Waals surface area contributed by atoms with E-state index in [1.54, 1.807) is 29.2 Å². The van der Waals surface area contributed by atoms with Gasteiger partial charge in [-0.05, 0) is 60.2 Å². The molecule has 10 heteroatoms. The first kappa shape index (κ1) is 21.8. The second kappa shape index (κ2) is 9.82. The van der Waals surface area contributed by atoms with Crippen LogP contribution in [0.1, 0.15) is 11.1 Å². The van der Waals surface area contributed by atoms with Crippen molar-refractivity contribution >= 4 is 51.3 Å². The van der Waals surface area contributed by atoms with Crippen molar-refractivity contribution in [3.63, 3.8) is 0 Å². The Morgan fingerprint density at radius 1 is 1.06 bits per heavy atom. The molecule has 0 aliphatic rings. The van der Waals surface area contributed by atoms with Crippen LogP contribution in [0.4, 0.5) is 0 Å². The summed E-state index contributed by atoms with van der Waals surface area (Å²) in [5.74, 6) is 1.41. The van der Waals surface area contributed by atoms with Crippen LogP contribution in [0.5, 0.6) is 5.75 Å². The van der Waals surface area contributed by atoms with Crippen molar-refractivity contribution in [2.24, 2.45) is 0 Å². The van der Waals surface area contributed by atoms with Gasteiger partial charge in [0.05, 0.1) is 16.6 Å². The molecular weight excluding hydrogens is 521 g/mol. The molecule has 0 amide bonds. The number of nitrogens with zero attached hydrogens (tertiary/aromatic N) is 3. The zero-order valence-electron chi connectivity index (χ0n) is 16.0. The quantitative estimate of drug-likeness (QED) is 0.268. The van der Waals surface area contributed by atoms with Gasteiger partial charge in [0.25, 0.3) is 0 Å². The molecule has 0 aliphatic heterocycles. The average molecular weight is 537 g/mol. The predicted octanol–water partition coefficient (Wildman–Crippen LogP) is 6.39. The molecule has 4 rings (SSSR count). The molecule has 0 radical (unpaired) electrons. The minimum atomic E-state index is 0.360. The van der Waals surface area contributed by atoms with Crippen LogP contribution in [-0.4, -0.2) is 19.9 Å². The molecule has 31 heavy (non-hydrogen) atoms. The van der Waals surface area contributed by atoms with E-state index in [1.807, 2.05) is 36.4 Å². The van der Waals surface area contributed by atoms with Crippen LogP contribution in [0.15, 0.2) is 65.4 Å². The lowest BCUT2D eigenvalue weighted by molar-refractivity contribution is 0.303. The number of halogens is 3. The number of H-pyrrole nitrogens is 1. The molecule has 0 bridgehead atoms. The SMILES string of the molecule is S=c1[nH]nc(-c2ccncc2)n1NCc1cc(Br)ccc1OCc1ccc(Cl)c(Cl)c1. The fraction of sp³-hybridized carbons (Fsp3) is 0.0952. The summed E-state index contributed by atoms with van der Waals surface area (Å²) in [6.07, 6.45) is 3.42. The molecule has 2 aromatic carbocycles. The Balaban J connectivity index is 1.53. The Bertz CT molecular complexity index is 1260. The maximum absolute atomic E-state index is 6.11. The van der Waals surface area contributed by atoms with Crippen LogP contribution in [0.2, 0.25) is 10.0 Å². The smallest absolute Gasteiger partial charge is 0.214 e. The minimum Gasteiger partial charge on any atom is -0.489 e. The van der Waals surface area contributed by atoms with Crippen LogP contribution in [0, 0.1) is 4.77 Å². The van der Waals surface area contributed by atoms with Crippen molar-refractivity contribution in [2.75, 3.05) is 5.43 Å². The Morgan fingerprint density at radius 3 is 2.65 bits per heavy atom. The van der Waals surface area contributed by atoms with Gasteiger partial charge < -0.3 is 10.2 Å². The summed E-state index contributed by atoms with van der Waals surface area (Å²) in [5.41, 5.74) is 6.07. The van der Waals surface area contributed by atoms with Crippen molar-refractivity contribution in [2.45, 2.75) is 13.2 Å². The van der Waals surface area contributed by atoms with Gasteiger partial charge in [0.15, 0.2) is 5.82 Å². The predicted molar refractivity (Wildman–Crippen MR) is 129 cm³/mol. The molecule has 0 saturated carbocycles. The normalized spacial score (nSPS) is 10.8. The van der Waals surface area contributed by atoms with E-state index in [1.165, 1.54) is 0 Å². The second-order valence-corrected chi connectivity index (χ2v) is 8.66. The molecule has 0 aliphatic carbocycles. The van der Waals surface area contributed by atoms with Gasteiger partial charge in [-0.25, -0.2) is 9.77 Å². The van der Waals surface area contributed by atoms with Gasteiger partial charge in [0.2, 0.25) is 4.77 Å². The highest BCUT2D eigenvalue weighted by atomic mass is 79.9. The van der Waals surface area contributed by atoms with Crippen LogP contribution in [0.25, 0.3) is 11.4 Å². The van der Waals surface area contributed by atoms with Crippen molar-refractivity contribution in [3.05, 3.63) is 91.3 Å². The minimum absolute atomic E-state index is 0.360. The van der Waals surface area contributed by atoms with Crippen LogP contribution in [0.3, 0.4) is 0 Å². The first-order valence-electron chi connectivity index (χ1n) is 9.18. The summed E-state index contributed by atoms with van der Waals surface area (Å²) in [6.45, 7) is 0.820. The van der Waals surface area contributed by atoms with Gasteiger partial charge in [-0.15, -0.1) is 0 Å². The Kier molecular flexibility index (Phi) is 6.92. The van der Waals surface area contributed by atoms with Gasteiger partial charge in [-0.1, -0.05) is 45.2 Å². The van der Waals surface area contributed by atoms with Gasteiger partial charge >= 0.3 is 0 Å². The lowest BCUT2D eigenvalue weighted by atomic mass is 10.2. The third-order valence-corrected chi connectivity index (χ3v) is 5.95. The molecule has 2 aromatic heterocycles. The van der Waals surface area contributed by atoms with E-state index in [-0.39, 0.29) is 0 Å². The summed E-state index contributed by atoms with van der Waals surface area (Å²) < 4.78 is 9.19. The summed E-state index contributed by atoms with van der Waals surface area (Å²) in [5, 5.41) is 8.16. The zero-order chi connectivity index (χ0) is 21.8. The van der Waals surface area contributed by atoms with Crippen molar-refractivity contribution in [3.8, 4) is 17.1 Å². The number of aromatic nitrogens is 4. The van der Waals surface area contributed by atoms with E-state index in [2.05, 4.69) is 36.5 Å². The number of pyridine rings is 1. The number of aromatic amines is 1. The fourth-order valence-electron chi connectivity index (χ4n) is 2.92. The van der Waals surface area contributed by atoms with E-state index in [0.29, 0.717) is 33.8 Å². The second-order valence-electron chi connectivity index (χ2n) is 6.55. The molecule has 0 spiro atoms. The highest BCUT2D eigenvalue weighted by Gasteiger charge is 2.11. The average Bonchev–Trinajstić information content (AvgIpc) is 3.15. The van der Waals surface area contributed by atoms with Crippen LogP contribution in [-0.2, 0) is 13.2 Å². The molecule has 2 heterocycles. The Hall–Kier alpha value is -2.39. The number of benzene rings is 2. The number of hydrogen-bond donors (Lipinski definition) is 2. The highest BCUT2D eigenvalue weighted by Crippen LogP contribution is 2.27. The third-order valence-electron chi connectivity index (χ3n) is 4.44. The Morgan fingerprint density at radius 2 is 1.87 bits per heavy atom. The van der Waals surface area contributed by atoms with E-state index in [9.17, 15) is 0 Å². The van der Waals surface area contributed by atoms with Crippen molar-refractivity contribution < 1.29 is 4.74 Å². The molecule has 0 atom stereocenters. The molecule has 158 valence electrons. The summed E-state index contributed by atoms with van der Waals surface area (Å²) in [6, 6.07) is 15.0. The topological polar surface area (TPSA) is 67.8 Å². The van der Waals surface area contributed by atoms with E-state index in [4.69, 9.17) is 40.2 Å². The number of nitrogens with one attached hydrogen (secondary N) is 2. The Labute approximate surface area is 202 Å². The van der Waals surface area contributed by atoms with Crippen molar-refractivity contribution in [1.82, 2.24) is 19.9 Å². The van der Waals surface area contributed by atoms with Gasteiger partial charge in [-0.3, -0.25) is 4.98 Å². The number of rotatable bonds is 7. The van der Waals surface area contributed by atoms with Gasteiger partial charge in [0, 0.05) is 28.0 Å². The molecule has 0 saturated heterocycles. The molecule has 6 nitrogen and oxygen atoms in total. The number of ether oxygens (including phenoxy) is 1. The summed E-state index contributed by atoms with van der Waals surface area (Å²) in [4.78, 5) is 4.05. The van der Waals surface area contributed by atoms with E-state index in [0.717, 1.165) is 26.9 Å². The lowest BCUT2D eigenvalue weighted by Gasteiger charge is -2.15. The first-order valence-corrected chi connectivity index (χ1v) is 11.1. The largest absolute Gasteiger partial charge is 0.489 e. The molecule has 2 N–H and O–H groups in total. The van der Waals surface area contributed by atoms with E-state index < -0.39 is 0 Å². The fourth-order valence-corrected chi connectivity index (χ4v) is 3.85. The van der Waals surface area contributed by atoms with E-state index >= 15 is 0 Å². The maximum Gasteiger partial charge on any atom is 0.214 e. The molecule has 0 unspecified atom stereocenters. The lowest BCUT2D eigenvalue weighted by Crippen LogP contribution is -2.16. The van der Waals surface area contributed by atoms with Crippen LogP contribution >= 0.6 is 51.3 Å². The first-order chi connectivity index (χ1) is 15.0. The van der Waals surface area contributed by atoms with Gasteiger partial charge in [-0.2, -0.15) is 5.10 Å². The third kappa shape index (κ3) is 5.27. The van der Waals surface area contributed by atoms with Gasteiger partial charge in [0.1, 0.15) is 12.4 Å².